The Morgan fingerprint density at radius 3 is 2.57 bits per heavy atom. The smallest absolute Gasteiger partial charge is 0.213 e. The van der Waals surface area contributed by atoms with Gasteiger partial charge in [-0.1, -0.05) is 12.1 Å². The highest BCUT2D eigenvalue weighted by Gasteiger charge is 2.26. The second-order valence-corrected chi connectivity index (χ2v) is 9.65. The summed E-state index contributed by atoms with van der Waals surface area (Å²) in [6, 6.07) is 6.94. The molecule has 2 rings (SSSR count). The summed E-state index contributed by atoms with van der Waals surface area (Å²) < 4.78 is 39.1. The van der Waals surface area contributed by atoms with Gasteiger partial charge in [0.1, 0.15) is 5.82 Å². The van der Waals surface area contributed by atoms with Crippen LogP contribution < -0.4 is 10.6 Å². The maximum absolute atomic E-state index is 13.6. The van der Waals surface area contributed by atoms with Crippen molar-refractivity contribution < 1.29 is 12.8 Å². The van der Waals surface area contributed by atoms with E-state index in [9.17, 15) is 12.8 Å². The average molecular weight is 545 g/mol. The summed E-state index contributed by atoms with van der Waals surface area (Å²) in [5.41, 5.74) is 0. The number of thioether (sulfide) groups is 1. The summed E-state index contributed by atoms with van der Waals surface area (Å²) >= 11 is 1.45. The van der Waals surface area contributed by atoms with Gasteiger partial charge in [0, 0.05) is 36.3 Å². The number of hydrogen-bond donors (Lipinski definition) is 2. The molecule has 1 heterocycles. The van der Waals surface area contributed by atoms with E-state index in [-0.39, 0.29) is 41.6 Å². The van der Waals surface area contributed by atoms with Gasteiger partial charge in [0.15, 0.2) is 5.96 Å². The van der Waals surface area contributed by atoms with E-state index >= 15 is 0 Å². The predicted molar refractivity (Wildman–Crippen MR) is 126 cm³/mol. The SMILES string of the molecule is CCNC(=NCCSc1ccccc1F)NC1CCN(S(=O)(=O)CC)CC1.I. The fraction of sp³-hybridized carbons (Fsp3) is 0.611. The predicted octanol–water partition coefficient (Wildman–Crippen LogP) is 2.91. The number of rotatable bonds is 8. The molecule has 6 nitrogen and oxygen atoms in total. The summed E-state index contributed by atoms with van der Waals surface area (Å²) in [7, 11) is -3.10. The monoisotopic (exact) mass is 544 g/mol. The Bertz CT molecular complexity index is 726. The molecule has 0 aromatic heterocycles. The number of aliphatic imine (C=N–C) groups is 1. The second kappa shape index (κ2) is 12.9. The third kappa shape index (κ3) is 8.03. The Labute approximate surface area is 189 Å². The Morgan fingerprint density at radius 1 is 1.29 bits per heavy atom. The molecule has 1 aliphatic heterocycles. The molecule has 1 aromatic rings. The standard InChI is InChI=1S/C18H29FN4O2S2.HI/c1-3-20-18(21-11-14-26-17-8-6-5-7-16(17)19)22-15-9-12-23(13-10-15)27(24,25)4-2;/h5-8,15H,3-4,9-14H2,1-2H3,(H2,20,21,22);1H. The van der Waals surface area contributed by atoms with Gasteiger partial charge in [-0.25, -0.2) is 17.1 Å². The first-order valence-electron chi connectivity index (χ1n) is 9.36. The van der Waals surface area contributed by atoms with E-state index in [4.69, 9.17) is 0 Å². The van der Waals surface area contributed by atoms with Gasteiger partial charge in [0.2, 0.25) is 10.0 Å². The minimum Gasteiger partial charge on any atom is -0.357 e. The number of benzene rings is 1. The summed E-state index contributed by atoms with van der Waals surface area (Å²) in [4.78, 5) is 5.19. The van der Waals surface area contributed by atoms with Crippen LogP contribution in [-0.2, 0) is 10.0 Å². The third-order valence-electron chi connectivity index (χ3n) is 4.35. The minimum atomic E-state index is -3.10. The van der Waals surface area contributed by atoms with Gasteiger partial charge in [-0.05, 0) is 38.8 Å². The van der Waals surface area contributed by atoms with Crippen molar-refractivity contribution in [2.45, 2.75) is 37.6 Å². The van der Waals surface area contributed by atoms with E-state index in [2.05, 4.69) is 15.6 Å². The number of nitrogens with one attached hydrogen (secondary N) is 2. The molecule has 1 aliphatic rings. The fourth-order valence-corrected chi connectivity index (χ4v) is 4.76. The van der Waals surface area contributed by atoms with Gasteiger partial charge in [0.25, 0.3) is 0 Å². The zero-order valence-electron chi connectivity index (χ0n) is 16.4. The van der Waals surface area contributed by atoms with Gasteiger partial charge in [-0.3, -0.25) is 4.99 Å². The van der Waals surface area contributed by atoms with Crippen LogP contribution in [0.5, 0.6) is 0 Å². The first kappa shape index (κ1) is 25.4. The van der Waals surface area contributed by atoms with Crippen molar-refractivity contribution in [3.63, 3.8) is 0 Å². The van der Waals surface area contributed by atoms with E-state index < -0.39 is 10.0 Å². The quantitative estimate of drug-likeness (QED) is 0.173. The van der Waals surface area contributed by atoms with Gasteiger partial charge >= 0.3 is 0 Å². The van der Waals surface area contributed by atoms with E-state index in [1.165, 1.54) is 17.8 Å². The van der Waals surface area contributed by atoms with Crippen LogP contribution >= 0.6 is 35.7 Å². The molecule has 1 aromatic carbocycles. The van der Waals surface area contributed by atoms with Gasteiger partial charge in [-0.2, -0.15) is 0 Å². The van der Waals surface area contributed by atoms with Crippen molar-refractivity contribution in [2.24, 2.45) is 4.99 Å². The number of guanidine groups is 1. The van der Waals surface area contributed by atoms with Crippen LogP contribution in [0, 0.1) is 5.82 Å². The first-order chi connectivity index (χ1) is 13.0. The van der Waals surface area contributed by atoms with Crippen LogP contribution in [0.25, 0.3) is 0 Å². The van der Waals surface area contributed by atoms with Crippen molar-refractivity contribution in [1.29, 1.82) is 0 Å². The summed E-state index contributed by atoms with van der Waals surface area (Å²) in [5, 5.41) is 6.61. The molecule has 0 amide bonds. The van der Waals surface area contributed by atoms with Crippen molar-refractivity contribution in [3.8, 4) is 0 Å². The number of hydrogen-bond acceptors (Lipinski definition) is 4. The van der Waals surface area contributed by atoms with Crippen molar-refractivity contribution in [2.75, 3.05) is 37.7 Å². The van der Waals surface area contributed by atoms with Gasteiger partial charge < -0.3 is 10.6 Å². The molecule has 1 saturated heterocycles. The maximum atomic E-state index is 13.6. The molecule has 160 valence electrons. The van der Waals surface area contributed by atoms with E-state index in [1.54, 1.807) is 23.4 Å². The molecule has 0 radical (unpaired) electrons. The highest BCUT2D eigenvalue weighted by Crippen LogP contribution is 2.20. The van der Waals surface area contributed by atoms with Crippen LogP contribution in [0.4, 0.5) is 4.39 Å². The normalized spacial score (nSPS) is 16.5. The summed E-state index contributed by atoms with van der Waals surface area (Å²) in [6.07, 6.45) is 1.52. The van der Waals surface area contributed by atoms with Crippen LogP contribution in [0.1, 0.15) is 26.7 Å². The number of sulfonamides is 1. The Balaban J connectivity index is 0.00000392. The highest BCUT2D eigenvalue weighted by molar-refractivity contribution is 14.0. The topological polar surface area (TPSA) is 73.8 Å². The molecule has 2 N–H and O–H groups in total. The number of nitrogens with zero attached hydrogens (tertiary/aromatic N) is 2. The zero-order valence-corrected chi connectivity index (χ0v) is 20.3. The van der Waals surface area contributed by atoms with Crippen molar-refractivity contribution in [1.82, 2.24) is 14.9 Å². The fourth-order valence-electron chi connectivity index (χ4n) is 2.85. The Hall–Kier alpha value is -0.590. The first-order valence-corrected chi connectivity index (χ1v) is 12.0. The molecule has 0 saturated carbocycles. The average Bonchev–Trinajstić information content (AvgIpc) is 2.67. The Morgan fingerprint density at radius 2 is 1.96 bits per heavy atom. The molecule has 10 heteroatoms. The van der Waals surface area contributed by atoms with Crippen molar-refractivity contribution >= 4 is 51.7 Å². The second-order valence-electron chi connectivity index (χ2n) is 6.26. The lowest BCUT2D eigenvalue weighted by atomic mass is 10.1. The maximum Gasteiger partial charge on any atom is 0.213 e. The molecule has 0 bridgehead atoms. The Kier molecular flexibility index (Phi) is 11.7. The molecule has 0 spiro atoms. The zero-order chi connectivity index (χ0) is 19.7. The summed E-state index contributed by atoms with van der Waals surface area (Å²) in [6.45, 7) is 6.07. The molecule has 0 aliphatic carbocycles. The van der Waals surface area contributed by atoms with Gasteiger partial charge in [-0.15, -0.1) is 35.7 Å². The lowest BCUT2D eigenvalue weighted by Gasteiger charge is -2.32. The van der Waals surface area contributed by atoms with Crippen LogP contribution in [-0.4, -0.2) is 62.4 Å². The number of halogens is 2. The highest BCUT2D eigenvalue weighted by atomic mass is 127. The molecular formula is C18H30FIN4O2S2. The van der Waals surface area contributed by atoms with Crippen molar-refractivity contribution in [3.05, 3.63) is 30.1 Å². The molecule has 0 atom stereocenters. The van der Waals surface area contributed by atoms with E-state index in [0.29, 0.717) is 30.3 Å². The largest absolute Gasteiger partial charge is 0.357 e. The van der Waals surface area contributed by atoms with Gasteiger partial charge in [0.05, 0.1) is 12.3 Å². The third-order valence-corrected chi connectivity index (χ3v) is 7.26. The van der Waals surface area contributed by atoms with Crippen LogP contribution in [0.15, 0.2) is 34.2 Å². The molecule has 1 fully saturated rings. The van der Waals surface area contributed by atoms with Crippen LogP contribution in [0.2, 0.25) is 0 Å². The minimum absolute atomic E-state index is 0. The van der Waals surface area contributed by atoms with E-state index in [0.717, 1.165) is 25.3 Å². The lowest BCUT2D eigenvalue weighted by Crippen LogP contribution is -2.50. The number of piperidine rings is 1. The molecular weight excluding hydrogens is 514 g/mol. The molecule has 28 heavy (non-hydrogen) atoms. The molecule has 0 unspecified atom stereocenters. The summed E-state index contributed by atoms with van der Waals surface area (Å²) in [5.74, 6) is 1.35. The van der Waals surface area contributed by atoms with E-state index in [1.807, 2.05) is 13.0 Å². The lowest BCUT2D eigenvalue weighted by molar-refractivity contribution is 0.306. The van der Waals surface area contributed by atoms with Crippen LogP contribution in [0.3, 0.4) is 0 Å².